The van der Waals surface area contributed by atoms with E-state index in [0.29, 0.717) is 24.4 Å². The maximum atomic E-state index is 12.4. The van der Waals surface area contributed by atoms with Crippen molar-refractivity contribution in [3.05, 3.63) is 0 Å². The fourth-order valence-electron chi connectivity index (χ4n) is 3.54. The largest absolute Gasteiger partial charge is 0.393 e. The van der Waals surface area contributed by atoms with Gasteiger partial charge in [-0.3, -0.25) is 4.79 Å². The maximum absolute atomic E-state index is 12.4. The molecule has 3 fully saturated rings. The smallest absolute Gasteiger partial charge is 0.223 e. The van der Waals surface area contributed by atoms with Crippen LogP contribution >= 0.6 is 12.6 Å². The number of aliphatic hydroxyl groups excluding tert-OH is 1. The van der Waals surface area contributed by atoms with E-state index >= 15 is 0 Å². The highest BCUT2D eigenvalue weighted by Crippen LogP contribution is 2.50. The normalized spacial score (nSPS) is 38.2. The molecule has 2 heterocycles. The number of carbonyl (C=O) groups excluding carboxylic acids is 1. The Kier molecular flexibility index (Phi) is 2.90. The first-order valence-electron chi connectivity index (χ1n) is 6.74. The third kappa shape index (κ3) is 2.10. The molecule has 0 aromatic rings. The number of fused-ring (bicyclic) bond motifs is 2. The molecule has 3 rings (SSSR count). The number of thiol groups is 1. The van der Waals surface area contributed by atoms with Gasteiger partial charge in [0.1, 0.15) is 0 Å². The van der Waals surface area contributed by atoms with Crippen LogP contribution in [0, 0.1) is 5.41 Å². The predicted octanol–water partition coefficient (Wildman–Crippen LogP) is 1.60. The lowest BCUT2D eigenvalue weighted by Gasteiger charge is -2.38. The summed E-state index contributed by atoms with van der Waals surface area (Å²) in [4.78, 5) is 14.5. The van der Waals surface area contributed by atoms with Crippen molar-refractivity contribution >= 4 is 18.5 Å². The van der Waals surface area contributed by atoms with Crippen molar-refractivity contribution in [3.63, 3.8) is 0 Å². The zero-order valence-corrected chi connectivity index (χ0v) is 11.0. The van der Waals surface area contributed by atoms with Gasteiger partial charge in [-0.25, -0.2) is 0 Å². The summed E-state index contributed by atoms with van der Waals surface area (Å²) in [5.74, 6) is 1.15. The molecule has 1 saturated carbocycles. The van der Waals surface area contributed by atoms with Crippen molar-refractivity contribution in [2.75, 3.05) is 5.75 Å². The number of carbonyl (C=O) groups is 1. The first-order valence-corrected chi connectivity index (χ1v) is 7.37. The molecule has 17 heavy (non-hydrogen) atoms. The average molecular weight is 255 g/mol. The van der Waals surface area contributed by atoms with Gasteiger partial charge in [-0.05, 0) is 49.7 Å². The van der Waals surface area contributed by atoms with Gasteiger partial charge in [0.15, 0.2) is 0 Å². The fraction of sp³-hybridized carbons (Fsp3) is 0.923. The third-order valence-corrected chi connectivity index (χ3v) is 5.49. The topological polar surface area (TPSA) is 40.5 Å². The van der Waals surface area contributed by atoms with Gasteiger partial charge in [0.05, 0.1) is 6.10 Å². The van der Waals surface area contributed by atoms with E-state index < -0.39 is 0 Å². The van der Waals surface area contributed by atoms with Gasteiger partial charge < -0.3 is 10.0 Å². The summed E-state index contributed by atoms with van der Waals surface area (Å²) in [7, 11) is 0. The second-order valence-corrected chi connectivity index (χ2v) is 6.46. The van der Waals surface area contributed by atoms with E-state index in [-0.39, 0.29) is 11.5 Å². The van der Waals surface area contributed by atoms with Gasteiger partial charge in [0.25, 0.3) is 0 Å². The first kappa shape index (κ1) is 11.8. The Morgan fingerprint density at radius 1 is 1.29 bits per heavy atom. The molecule has 0 radical (unpaired) electrons. The fourth-order valence-corrected chi connectivity index (χ4v) is 3.96. The van der Waals surface area contributed by atoms with E-state index in [9.17, 15) is 9.90 Å². The molecule has 2 aliphatic heterocycles. The Balaban J connectivity index is 1.66. The zero-order chi connectivity index (χ0) is 12.0. The Hall–Kier alpha value is -0.220. The summed E-state index contributed by atoms with van der Waals surface area (Å²) < 4.78 is 0. The van der Waals surface area contributed by atoms with E-state index in [1.807, 2.05) is 0 Å². The number of aliphatic hydroxyl groups is 1. The van der Waals surface area contributed by atoms with E-state index in [2.05, 4.69) is 17.5 Å². The monoisotopic (exact) mass is 255 g/mol. The molecule has 2 saturated heterocycles. The number of hydrogen-bond donors (Lipinski definition) is 2. The molecule has 0 aromatic heterocycles. The van der Waals surface area contributed by atoms with Crippen molar-refractivity contribution in [1.82, 2.24) is 4.90 Å². The second kappa shape index (κ2) is 4.16. The van der Waals surface area contributed by atoms with Crippen LogP contribution in [0.5, 0.6) is 0 Å². The van der Waals surface area contributed by atoms with Crippen LogP contribution in [0.2, 0.25) is 0 Å². The van der Waals surface area contributed by atoms with Crippen LogP contribution < -0.4 is 0 Å². The molecule has 1 N–H and O–H groups in total. The van der Waals surface area contributed by atoms with Crippen LogP contribution in [0.1, 0.15) is 44.9 Å². The number of hydrogen-bond acceptors (Lipinski definition) is 3. The Morgan fingerprint density at radius 3 is 2.35 bits per heavy atom. The van der Waals surface area contributed by atoms with Crippen LogP contribution in [0.4, 0.5) is 0 Å². The molecule has 2 atom stereocenters. The van der Waals surface area contributed by atoms with Crippen LogP contribution in [0.15, 0.2) is 0 Å². The molecular weight excluding hydrogens is 234 g/mol. The van der Waals surface area contributed by atoms with Gasteiger partial charge in [-0.1, -0.05) is 0 Å². The minimum atomic E-state index is -0.184. The SMILES string of the molecule is O=C(CC1(CS)CC1)N1C2CCC1CC(O)C2. The van der Waals surface area contributed by atoms with E-state index in [4.69, 9.17) is 0 Å². The van der Waals surface area contributed by atoms with Crippen molar-refractivity contribution in [3.8, 4) is 0 Å². The summed E-state index contributed by atoms with van der Waals surface area (Å²) >= 11 is 4.37. The standard InChI is InChI=1S/C13H21NO2S/c15-11-5-9-1-2-10(6-11)14(9)12(16)7-13(8-17)3-4-13/h9-11,15,17H,1-8H2. The van der Waals surface area contributed by atoms with Gasteiger partial charge in [0, 0.05) is 18.5 Å². The van der Waals surface area contributed by atoms with Crippen molar-refractivity contribution in [1.29, 1.82) is 0 Å². The molecule has 2 unspecified atom stereocenters. The van der Waals surface area contributed by atoms with Crippen molar-refractivity contribution in [2.24, 2.45) is 5.41 Å². The van der Waals surface area contributed by atoms with Crippen LogP contribution in [0.3, 0.4) is 0 Å². The van der Waals surface area contributed by atoms with Gasteiger partial charge in [0.2, 0.25) is 5.91 Å². The maximum Gasteiger partial charge on any atom is 0.223 e. The number of piperidine rings is 1. The highest BCUT2D eigenvalue weighted by Gasteiger charge is 2.48. The molecule has 2 bridgehead atoms. The first-order chi connectivity index (χ1) is 8.13. The van der Waals surface area contributed by atoms with E-state index in [1.165, 1.54) is 0 Å². The summed E-state index contributed by atoms with van der Waals surface area (Å²) in [5, 5.41) is 9.73. The highest BCUT2D eigenvalue weighted by molar-refractivity contribution is 7.80. The van der Waals surface area contributed by atoms with Crippen LogP contribution in [0.25, 0.3) is 0 Å². The molecular formula is C13H21NO2S. The lowest BCUT2D eigenvalue weighted by atomic mass is 9.97. The van der Waals surface area contributed by atoms with Crippen LogP contribution in [-0.2, 0) is 4.79 Å². The highest BCUT2D eigenvalue weighted by atomic mass is 32.1. The second-order valence-electron chi connectivity index (χ2n) is 6.15. The average Bonchev–Trinajstić information content (AvgIpc) is 3.00. The summed E-state index contributed by atoms with van der Waals surface area (Å²) in [6.45, 7) is 0. The number of nitrogens with zero attached hydrogens (tertiary/aromatic N) is 1. The Labute approximate surface area is 108 Å². The van der Waals surface area contributed by atoms with Crippen molar-refractivity contribution in [2.45, 2.75) is 63.1 Å². The minimum Gasteiger partial charge on any atom is -0.393 e. The van der Waals surface area contributed by atoms with Crippen LogP contribution in [-0.4, -0.2) is 39.9 Å². The lowest BCUT2D eigenvalue weighted by Crippen LogP contribution is -2.48. The molecule has 3 nitrogen and oxygen atoms in total. The van der Waals surface area contributed by atoms with E-state index in [1.54, 1.807) is 0 Å². The number of rotatable bonds is 3. The Bertz CT molecular complexity index is 315. The molecule has 4 heteroatoms. The molecule has 96 valence electrons. The van der Waals surface area contributed by atoms with Crippen molar-refractivity contribution < 1.29 is 9.90 Å². The van der Waals surface area contributed by atoms with Gasteiger partial charge in [-0.15, -0.1) is 0 Å². The minimum absolute atomic E-state index is 0.184. The van der Waals surface area contributed by atoms with Gasteiger partial charge in [-0.2, -0.15) is 12.6 Å². The third-order valence-electron chi connectivity index (χ3n) is 4.81. The predicted molar refractivity (Wildman–Crippen MR) is 69.0 cm³/mol. The lowest BCUT2D eigenvalue weighted by molar-refractivity contribution is -0.138. The molecule has 0 aromatic carbocycles. The summed E-state index contributed by atoms with van der Waals surface area (Å²) in [5.41, 5.74) is 0.218. The van der Waals surface area contributed by atoms with E-state index in [0.717, 1.165) is 44.3 Å². The molecule has 1 amide bonds. The zero-order valence-electron chi connectivity index (χ0n) is 10.1. The van der Waals surface area contributed by atoms with Gasteiger partial charge >= 0.3 is 0 Å². The number of amides is 1. The molecule has 3 aliphatic rings. The summed E-state index contributed by atoms with van der Waals surface area (Å²) in [6.07, 6.45) is 6.56. The summed E-state index contributed by atoms with van der Waals surface area (Å²) in [6, 6.07) is 0.624. The molecule has 0 spiro atoms. The Morgan fingerprint density at radius 2 is 1.88 bits per heavy atom. The molecule has 1 aliphatic carbocycles. The quantitative estimate of drug-likeness (QED) is 0.752.